The number of carbonyl (C=O) groups excluding carboxylic acids is 1. The average Bonchev–Trinajstić information content (AvgIpc) is 2.24. The molecule has 4 nitrogen and oxygen atoms in total. The third-order valence-electron chi connectivity index (χ3n) is 3.01. The molecule has 5 heteroatoms. The minimum Gasteiger partial charge on any atom is -0.444 e. The number of nitrogens with zero attached hydrogens (tertiary/aromatic N) is 1. The molecule has 1 aliphatic heterocycles. The zero-order valence-corrected chi connectivity index (χ0v) is 11.7. The van der Waals surface area contributed by atoms with Gasteiger partial charge in [-0.05, 0) is 53.0 Å². The Balaban J connectivity index is 2.55. The number of rotatable bonds is 3. The van der Waals surface area contributed by atoms with Crippen molar-refractivity contribution < 1.29 is 13.9 Å². The monoisotopic (exact) mass is 260 g/mol. The molecular formula is C13H25FN2O2. The van der Waals surface area contributed by atoms with Crippen LogP contribution in [0.3, 0.4) is 0 Å². The molecule has 18 heavy (non-hydrogen) atoms. The first-order valence-electron chi connectivity index (χ1n) is 6.63. The van der Waals surface area contributed by atoms with Crippen molar-refractivity contribution in [1.82, 2.24) is 4.90 Å². The number of alkyl halides is 1. The molecule has 1 aliphatic rings. The van der Waals surface area contributed by atoms with Crippen LogP contribution in [0.15, 0.2) is 0 Å². The molecule has 0 unspecified atom stereocenters. The third kappa shape index (κ3) is 4.80. The van der Waals surface area contributed by atoms with Gasteiger partial charge in [-0.2, -0.15) is 0 Å². The Morgan fingerprint density at radius 3 is 2.72 bits per heavy atom. The molecule has 1 heterocycles. The molecule has 0 aliphatic carbocycles. The summed E-state index contributed by atoms with van der Waals surface area (Å²) < 4.78 is 19.8. The normalized spacial score (nSPS) is 25.1. The van der Waals surface area contributed by atoms with Gasteiger partial charge in [-0.15, -0.1) is 0 Å². The fraction of sp³-hybridized carbons (Fsp3) is 0.923. The van der Waals surface area contributed by atoms with Gasteiger partial charge >= 0.3 is 6.09 Å². The van der Waals surface area contributed by atoms with Crippen molar-refractivity contribution in [2.75, 3.05) is 19.6 Å². The van der Waals surface area contributed by atoms with E-state index in [1.165, 1.54) is 4.90 Å². The van der Waals surface area contributed by atoms with Crippen molar-refractivity contribution >= 4 is 6.09 Å². The Morgan fingerprint density at radius 1 is 1.50 bits per heavy atom. The number of halogens is 1. The summed E-state index contributed by atoms with van der Waals surface area (Å²) in [7, 11) is 0. The van der Waals surface area contributed by atoms with Crippen LogP contribution in [-0.2, 0) is 4.74 Å². The highest BCUT2D eigenvalue weighted by molar-refractivity contribution is 5.68. The van der Waals surface area contributed by atoms with Crippen LogP contribution in [0.25, 0.3) is 0 Å². The lowest BCUT2D eigenvalue weighted by atomic mass is 9.90. The number of amides is 1. The van der Waals surface area contributed by atoms with Crippen LogP contribution >= 0.6 is 0 Å². The molecule has 0 bridgehead atoms. The fourth-order valence-electron chi connectivity index (χ4n) is 2.19. The van der Waals surface area contributed by atoms with Crippen LogP contribution in [0.5, 0.6) is 0 Å². The molecular weight excluding hydrogens is 235 g/mol. The highest BCUT2D eigenvalue weighted by Crippen LogP contribution is 2.30. The summed E-state index contributed by atoms with van der Waals surface area (Å²) in [5.74, 6) is 0. The van der Waals surface area contributed by atoms with Crippen molar-refractivity contribution in [2.24, 2.45) is 5.73 Å². The maximum absolute atomic E-state index is 14.5. The zero-order chi connectivity index (χ0) is 13.8. The summed E-state index contributed by atoms with van der Waals surface area (Å²) in [6.07, 6.45) is 1.84. The number of hydrogen-bond donors (Lipinski definition) is 1. The number of hydrogen-bond acceptors (Lipinski definition) is 3. The second-order valence-electron chi connectivity index (χ2n) is 6.05. The van der Waals surface area contributed by atoms with Gasteiger partial charge in [0.2, 0.25) is 0 Å². The highest BCUT2D eigenvalue weighted by atomic mass is 19.1. The first-order valence-corrected chi connectivity index (χ1v) is 6.63. The number of likely N-dealkylation sites (tertiary alicyclic amines) is 1. The van der Waals surface area contributed by atoms with E-state index >= 15 is 0 Å². The van der Waals surface area contributed by atoms with E-state index < -0.39 is 17.4 Å². The second kappa shape index (κ2) is 5.87. The molecule has 1 fully saturated rings. The summed E-state index contributed by atoms with van der Waals surface area (Å²) in [5.41, 5.74) is 3.58. The van der Waals surface area contributed by atoms with Crippen molar-refractivity contribution in [3.63, 3.8) is 0 Å². The summed E-state index contributed by atoms with van der Waals surface area (Å²) >= 11 is 0. The van der Waals surface area contributed by atoms with E-state index in [4.69, 9.17) is 10.5 Å². The Hall–Kier alpha value is -0.840. The molecule has 0 aromatic rings. The van der Waals surface area contributed by atoms with Crippen molar-refractivity contribution in [1.29, 1.82) is 0 Å². The highest BCUT2D eigenvalue weighted by Gasteiger charge is 2.37. The van der Waals surface area contributed by atoms with Crippen molar-refractivity contribution in [2.45, 2.75) is 57.7 Å². The lowest BCUT2D eigenvalue weighted by Crippen LogP contribution is -2.49. The largest absolute Gasteiger partial charge is 0.444 e. The molecule has 1 atom stereocenters. The predicted molar refractivity (Wildman–Crippen MR) is 69.2 cm³/mol. The van der Waals surface area contributed by atoms with Crippen LogP contribution < -0.4 is 5.73 Å². The SMILES string of the molecule is CC(C)(C)OC(=O)N1CCC[C@@](F)(CCCN)C1. The van der Waals surface area contributed by atoms with Gasteiger partial charge in [0.05, 0.1) is 6.54 Å². The maximum Gasteiger partial charge on any atom is 0.410 e. The third-order valence-corrected chi connectivity index (χ3v) is 3.01. The predicted octanol–water partition coefficient (Wildman–Crippen LogP) is 2.46. The van der Waals surface area contributed by atoms with E-state index in [9.17, 15) is 9.18 Å². The number of nitrogens with two attached hydrogens (primary N) is 1. The maximum atomic E-state index is 14.5. The van der Waals surface area contributed by atoms with Gasteiger partial charge in [0, 0.05) is 6.54 Å². The Bertz CT molecular complexity index is 291. The number of ether oxygens (including phenoxy) is 1. The summed E-state index contributed by atoms with van der Waals surface area (Å²) in [6, 6.07) is 0. The van der Waals surface area contributed by atoms with Gasteiger partial charge in [-0.3, -0.25) is 0 Å². The molecule has 1 saturated heterocycles. The molecule has 2 N–H and O–H groups in total. The van der Waals surface area contributed by atoms with Crippen molar-refractivity contribution in [3.8, 4) is 0 Å². The molecule has 0 radical (unpaired) electrons. The standard InChI is InChI=1S/C13H25FN2O2/c1-12(2,3)18-11(17)16-9-5-7-13(14,10-16)6-4-8-15/h4-10,15H2,1-3H3/t13-/m0/s1. The second-order valence-corrected chi connectivity index (χ2v) is 6.05. The smallest absolute Gasteiger partial charge is 0.410 e. The van der Waals surface area contributed by atoms with Gasteiger partial charge in [0.1, 0.15) is 11.3 Å². The van der Waals surface area contributed by atoms with E-state index in [2.05, 4.69) is 0 Å². The number of piperidine rings is 1. The first-order chi connectivity index (χ1) is 8.26. The van der Waals surface area contributed by atoms with Crippen LogP contribution in [0.4, 0.5) is 9.18 Å². The van der Waals surface area contributed by atoms with E-state index in [1.54, 1.807) is 0 Å². The Labute approximate surface area is 109 Å². The van der Waals surface area contributed by atoms with E-state index in [0.29, 0.717) is 38.8 Å². The van der Waals surface area contributed by atoms with Crippen LogP contribution in [0.2, 0.25) is 0 Å². The fourth-order valence-corrected chi connectivity index (χ4v) is 2.19. The van der Waals surface area contributed by atoms with Crippen LogP contribution in [0.1, 0.15) is 46.5 Å². The Kier molecular flexibility index (Phi) is 4.96. The lowest BCUT2D eigenvalue weighted by molar-refractivity contribution is -0.00788. The van der Waals surface area contributed by atoms with E-state index in [1.807, 2.05) is 20.8 Å². The average molecular weight is 260 g/mol. The summed E-state index contributed by atoms with van der Waals surface area (Å²) in [4.78, 5) is 13.4. The first kappa shape index (κ1) is 15.2. The minimum absolute atomic E-state index is 0.127. The molecule has 0 aromatic heterocycles. The molecule has 0 saturated carbocycles. The van der Waals surface area contributed by atoms with Gasteiger partial charge in [-0.1, -0.05) is 0 Å². The molecule has 0 aromatic carbocycles. The topological polar surface area (TPSA) is 55.6 Å². The summed E-state index contributed by atoms with van der Waals surface area (Å²) in [6.45, 7) is 6.62. The molecule has 1 amide bonds. The van der Waals surface area contributed by atoms with Gasteiger partial charge in [0.15, 0.2) is 0 Å². The Morgan fingerprint density at radius 2 is 2.17 bits per heavy atom. The molecule has 0 spiro atoms. The number of carbonyl (C=O) groups is 1. The minimum atomic E-state index is -1.30. The van der Waals surface area contributed by atoms with Gasteiger partial charge < -0.3 is 15.4 Å². The molecule has 106 valence electrons. The van der Waals surface area contributed by atoms with Gasteiger partial charge in [0.25, 0.3) is 0 Å². The van der Waals surface area contributed by atoms with Crippen LogP contribution in [0, 0.1) is 0 Å². The zero-order valence-electron chi connectivity index (χ0n) is 11.7. The quantitative estimate of drug-likeness (QED) is 0.848. The van der Waals surface area contributed by atoms with Gasteiger partial charge in [-0.25, -0.2) is 9.18 Å². The lowest BCUT2D eigenvalue weighted by Gasteiger charge is -2.38. The van der Waals surface area contributed by atoms with E-state index in [0.717, 1.165) is 0 Å². The van der Waals surface area contributed by atoms with Crippen molar-refractivity contribution in [3.05, 3.63) is 0 Å². The van der Waals surface area contributed by atoms with Crippen LogP contribution in [-0.4, -0.2) is 41.9 Å². The van der Waals surface area contributed by atoms with E-state index in [-0.39, 0.29) is 6.54 Å². The summed E-state index contributed by atoms with van der Waals surface area (Å²) in [5, 5.41) is 0. The molecule has 1 rings (SSSR count).